The van der Waals surface area contributed by atoms with Crippen LogP contribution in [-0.4, -0.2) is 21.6 Å². The first-order chi connectivity index (χ1) is 11.3. The normalized spacial score (nSPS) is 14.2. The minimum absolute atomic E-state index is 0.449. The Kier molecular flexibility index (Phi) is 5.28. The smallest absolute Gasteiger partial charge is 0.119 e. The molecule has 3 rings (SSSR count). The summed E-state index contributed by atoms with van der Waals surface area (Å²) < 4.78 is 7.73. The molecule has 0 aliphatic heterocycles. The van der Waals surface area contributed by atoms with E-state index >= 15 is 0 Å². The van der Waals surface area contributed by atoms with E-state index in [1.165, 1.54) is 37.8 Å². The van der Waals surface area contributed by atoms with Crippen molar-refractivity contribution in [3.8, 4) is 11.4 Å². The van der Waals surface area contributed by atoms with Gasteiger partial charge in [-0.05, 0) is 43.5 Å². The highest BCUT2D eigenvalue weighted by molar-refractivity contribution is 5.39. The van der Waals surface area contributed by atoms with Gasteiger partial charge >= 0.3 is 0 Å². The first-order valence-electron chi connectivity index (χ1n) is 8.71. The fraction of sp³-hybridized carbons (Fsp3) is 0.556. The number of nitrogens with zero attached hydrogens (tertiary/aromatic N) is 3. The number of nitrogens with two attached hydrogens (primary N) is 1. The maximum absolute atomic E-state index is 5.79. The number of unbranched alkanes of at least 4 members (excludes halogenated alkanes) is 3. The minimum Gasteiger partial charge on any atom is -0.494 e. The summed E-state index contributed by atoms with van der Waals surface area (Å²) in [6.07, 6.45) is 7.30. The van der Waals surface area contributed by atoms with Crippen LogP contribution in [0.25, 0.3) is 5.69 Å². The van der Waals surface area contributed by atoms with Gasteiger partial charge in [-0.15, -0.1) is 5.10 Å². The van der Waals surface area contributed by atoms with Gasteiger partial charge in [0.1, 0.15) is 11.4 Å². The standard InChI is InChI=1S/C18H26N4O/c1-2-3-4-5-12-23-16-10-8-15(9-11-16)22-18(14-6-7-14)17(13-19)20-21-22/h8-11,14H,2-7,12-13,19H2,1H3. The van der Waals surface area contributed by atoms with Gasteiger partial charge in [-0.3, -0.25) is 0 Å². The fourth-order valence-electron chi connectivity index (χ4n) is 2.82. The third-order valence-corrected chi connectivity index (χ3v) is 4.28. The van der Waals surface area contributed by atoms with Crippen LogP contribution in [0.4, 0.5) is 0 Å². The summed E-state index contributed by atoms with van der Waals surface area (Å²) in [7, 11) is 0. The molecule has 0 spiro atoms. The lowest BCUT2D eigenvalue weighted by molar-refractivity contribution is 0.305. The van der Waals surface area contributed by atoms with Crippen molar-refractivity contribution in [3.05, 3.63) is 35.7 Å². The second-order valence-corrected chi connectivity index (χ2v) is 6.21. The van der Waals surface area contributed by atoms with Crippen LogP contribution >= 0.6 is 0 Å². The van der Waals surface area contributed by atoms with Crippen LogP contribution in [0.5, 0.6) is 5.75 Å². The number of hydrogen-bond acceptors (Lipinski definition) is 4. The first kappa shape index (κ1) is 16.0. The van der Waals surface area contributed by atoms with Crippen LogP contribution in [0, 0.1) is 0 Å². The largest absolute Gasteiger partial charge is 0.494 e. The number of benzene rings is 1. The molecule has 0 amide bonds. The van der Waals surface area contributed by atoms with E-state index in [2.05, 4.69) is 17.2 Å². The molecular weight excluding hydrogens is 288 g/mol. The lowest BCUT2D eigenvalue weighted by Gasteiger charge is -2.09. The van der Waals surface area contributed by atoms with E-state index in [0.717, 1.165) is 30.2 Å². The van der Waals surface area contributed by atoms with Gasteiger partial charge in [-0.25, -0.2) is 4.68 Å². The maximum Gasteiger partial charge on any atom is 0.119 e. The SMILES string of the molecule is CCCCCCOc1ccc(-n2nnc(CN)c2C2CC2)cc1. The van der Waals surface area contributed by atoms with E-state index in [0.29, 0.717) is 12.5 Å². The molecule has 0 bridgehead atoms. The van der Waals surface area contributed by atoms with Crippen molar-refractivity contribution in [1.82, 2.24) is 15.0 Å². The highest BCUT2D eigenvalue weighted by Crippen LogP contribution is 2.41. The molecule has 5 heteroatoms. The number of aromatic nitrogens is 3. The molecule has 1 aromatic carbocycles. The molecule has 0 atom stereocenters. The zero-order valence-electron chi connectivity index (χ0n) is 13.9. The molecule has 1 aliphatic carbocycles. The van der Waals surface area contributed by atoms with Gasteiger partial charge in [-0.2, -0.15) is 0 Å². The third-order valence-electron chi connectivity index (χ3n) is 4.28. The van der Waals surface area contributed by atoms with Gasteiger partial charge in [0.2, 0.25) is 0 Å². The van der Waals surface area contributed by atoms with Crippen LogP contribution in [0.1, 0.15) is 62.8 Å². The summed E-state index contributed by atoms with van der Waals surface area (Å²) in [6.45, 7) is 3.45. The minimum atomic E-state index is 0.449. The maximum atomic E-state index is 5.79. The second kappa shape index (κ2) is 7.59. The van der Waals surface area contributed by atoms with Gasteiger partial charge in [0.25, 0.3) is 0 Å². The van der Waals surface area contributed by atoms with Crippen molar-refractivity contribution < 1.29 is 4.74 Å². The summed E-state index contributed by atoms with van der Waals surface area (Å²) in [5.41, 5.74) is 8.91. The molecule has 5 nitrogen and oxygen atoms in total. The molecule has 1 aromatic heterocycles. The van der Waals surface area contributed by atoms with Gasteiger partial charge in [0.05, 0.1) is 18.0 Å². The van der Waals surface area contributed by atoms with Crippen molar-refractivity contribution in [2.45, 2.75) is 57.9 Å². The summed E-state index contributed by atoms with van der Waals surface area (Å²) in [5, 5.41) is 8.52. The molecule has 2 aromatic rings. The van der Waals surface area contributed by atoms with E-state index in [4.69, 9.17) is 10.5 Å². The van der Waals surface area contributed by atoms with Crippen LogP contribution in [0.15, 0.2) is 24.3 Å². The van der Waals surface area contributed by atoms with Crippen molar-refractivity contribution in [1.29, 1.82) is 0 Å². The van der Waals surface area contributed by atoms with Gasteiger partial charge in [0, 0.05) is 12.5 Å². The Morgan fingerprint density at radius 2 is 1.96 bits per heavy atom. The van der Waals surface area contributed by atoms with Gasteiger partial charge < -0.3 is 10.5 Å². The molecule has 23 heavy (non-hydrogen) atoms. The Bertz CT molecular complexity index is 616. The Morgan fingerprint density at radius 1 is 1.17 bits per heavy atom. The van der Waals surface area contributed by atoms with E-state index in [1.807, 2.05) is 28.9 Å². The van der Waals surface area contributed by atoms with Crippen LogP contribution < -0.4 is 10.5 Å². The number of ether oxygens (including phenoxy) is 1. The highest BCUT2D eigenvalue weighted by Gasteiger charge is 2.31. The average molecular weight is 314 g/mol. The highest BCUT2D eigenvalue weighted by atomic mass is 16.5. The van der Waals surface area contributed by atoms with Gasteiger partial charge in [0.15, 0.2) is 0 Å². The van der Waals surface area contributed by atoms with Crippen molar-refractivity contribution in [3.63, 3.8) is 0 Å². The monoisotopic (exact) mass is 314 g/mol. The van der Waals surface area contributed by atoms with Crippen molar-refractivity contribution in [2.24, 2.45) is 5.73 Å². The van der Waals surface area contributed by atoms with E-state index in [9.17, 15) is 0 Å². The zero-order valence-corrected chi connectivity index (χ0v) is 13.9. The lowest BCUT2D eigenvalue weighted by Crippen LogP contribution is -2.05. The topological polar surface area (TPSA) is 66.0 Å². The first-order valence-corrected chi connectivity index (χ1v) is 8.71. The quantitative estimate of drug-likeness (QED) is 0.719. The van der Waals surface area contributed by atoms with E-state index in [-0.39, 0.29) is 0 Å². The molecule has 2 N–H and O–H groups in total. The second-order valence-electron chi connectivity index (χ2n) is 6.21. The fourth-order valence-corrected chi connectivity index (χ4v) is 2.82. The Hall–Kier alpha value is -1.88. The molecule has 1 fully saturated rings. The lowest BCUT2D eigenvalue weighted by atomic mass is 10.2. The van der Waals surface area contributed by atoms with Gasteiger partial charge in [-0.1, -0.05) is 31.4 Å². The Balaban J connectivity index is 1.64. The summed E-state index contributed by atoms with van der Waals surface area (Å²) >= 11 is 0. The Labute approximate surface area is 137 Å². The molecule has 1 aliphatic rings. The molecule has 124 valence electrons. The number of rotatable bonds is 9. The zero-order chi connectivity index (χ0) is 16.1. The summed E-state index contributed by atoms with van der Waals surface area (Å²) in [6, 6.07) is 8.11. The van der Waals surface area contributed by atoms with Crippen LogP contribution in [0.2, 0.25) is 0 Å². The average Bonchev–Trinajstić information content (AvgIpc) is 3.34. The molecule has 0 radical (unpaired) electrons. The summed E-state index contributed by atoms with van der Waals surface area (Å²) in [4.78, 5) is 0. The molecular formula is C18H26N4O. The Morgan fingerprint density at radius 3 is 2.61 bits per heavy atom. The molecule has 0 saturated heterocycles. The third kappa shape index (κ3) is 3.91. The predicted molar refractivity (Wildman–Crippen MR) is 90.9 cm³/mol. The van der Waals surface area contributed by atoms with E-state index < -0.39 is 0 Å². The molecule has 1 heterocycles. The number of hydrogen-bond donors (Lipinski definition) is 1. The van der Waals surface area contributed by atoms with Crippen LogP contribution in [-0.2, 0) is 6.54 Å². The van der Waals surface area contributed by atoms with E-state index in [1.54, 1.807) is 0 Å². The summed E-state index contributed by atoms with van der Waals surface area (Å²) in [5.74, 6) is 1.48. The van der Waals surface area contributed by atoms with Crippen molar-refractivity contribution in [2.75, 3.05) is 6.61 Å². The van der Waals surface area contributed by atoms with Crippen LogP contribution in [0.3, 0.4) is 0 Å². The molecule has 1 saturated carbocycles. The predicted octanol–water partition coefficient (Wildman–Crippen LogP) is 3.56. The molecule has 0 unspecified atom stereocenters. The van der Waals surface area contributed by atoms with Crippen molar-refractivity contribution >= 4 is 0 Å².